The van der Waals surface area contributed by atoms with E-state index in [2.05, 4.69) is 10.6 Å². The van der Waals surface area contributed by atoms with Gasteiger partial charge >= 0.3 is 0 Å². The van der Waals surface area contributed by atoms with Gasteiger partial charge in [-0.25, -0.2) is 0 Å². The second-order valence-corrected chi connectivity index (χ2v) is 4.53. The van der Waals surface area contributed by atoms with Gasteiger partial charge in [0.15, 0.2) is 0 Å². The first-order chi connectivity index (χ1) is 8.08. The zero-order valence-electron chi connectivity index (χ0n) is 9.42. The lowest BCUT2D eigenvalue weighted by Crippen LogP contribution is -2.25. The summed E-state index contributed by atoms with van der Waals surface area (Å²) in [6, 6.07) is 5.43. The average Bonchev–Trinajstić information content (AvgIpc) is 2.70. The molecule has 0 aromatic heterocycles. The van der Waals surface area contributed by atoms with Crippen molar-refractivity contribution < 1.29 is 9.59 Å². The van der Waals surface area contributed by atoms with Gasteiger partial charge in [0.25, 0.3) is 0 Å². The zero-order chi connectivity index (χ0) is 12.4. The van der Waals surface area contributed by atoms with Gasteiger partial charge in [-0.3, -0.25) is 9.59 Å². The van der Waals surface area contributed by atoms with Crippen molar-refractivity contribution >= 4 is 29.1 Å². The van der Waals surface area contributed by atoms with Crippen LogP contribution in [0.1, 0.15) is 12.0 Å². The molecule has 90 valence electrons. The first kappa shape index (κ1) is 11.9. The van der Waals surface area contributed by atoms with Crippen molar-refractivity contribution in [3.63, 3.8) is 0 Å². The van der Waals surface area contributed by atoms with E-state index in [0.29, 0.717) is 17.3 Å². The zero-order valence-corrected chi connectivity index (χ0v) is 10.2. The molecule has 1 fully saturated rings. The molecule has 1 saturated heterocycles. The van der Waals surface area contributed by atoms with Crippen molar-refractivity contribution in [2.45, 2.75) is 13.3 Å². The van der Waals surface area contributed by atoms with E-state index in [1.54, 1.807) is 6.07 Å². The van der Waals surface area contributed by atoms with E-state index in [-0.39, 0.29) is 24.2 Å². The van der Waals surface area contributed by atoms with Gasteiger partial charge in [0, 0.05) is 13.0 Å². The summed E-state index contributed by atoms with van der Waals surface area (Å²) >= 11 is 6.01. The fourth-order valence-corrected chi connectivity index (χ4v) is 2.08. The molecule has 1 atom stereocenters. The van der Waals surface area contributed by atoms with Crippen LogP contribution in [0.5, 0.6) is 0 Å². The van der Waals surface area contributed by atoms with Gasteiger partial charge in [-0.05, 0) is 18.6 Å². The largest absolute Gasteiger partial charge is 0.355 e. The summed E-state index contributed by atoms with van der Waals surface area (Å²) in [6.07, 6.45) is 0.245. The number of benzene rings is 1. The summed E-state index contributed by atoms with van der Waals surface area (Å²) in [7, 11) is 0. The molecule has 0 spiro atoms. The Hall–Kier alpha value is -1.55. The lowest BCUT2D eigenvalue weighted by atomic mass is 10.1. The van der Waals surface area contributed by atoms with E-state index in [1.807, 2.05) is 19.1 Å². The molecule has 2 rings (SSSR count). The van der Waals surface area contributed by atoms with Gasteiger partial charge in [0.05, 0.1) is 16.6 Å². The quantitative estimate of drug-likeness (QED) is 0.842. The number of carbonyl (C=O) groups excluding carboxylic acids is 2. The first-order valence-corrected chi connectivity index (χ1v) is 5.78. The first-order valence-electron chi connectivity index (χ1n) is 5.40. The highest BCUT2D eigenvalue weighted by atomic mass is 35.5. The van der Waals surface area contributed by atoms with Crippen LogP contribution in [0.2, 0.25) is 5.02 Å². The second-order valence-electron chi connectivity index (χ2n) is 4.13. The summed E-state index contributed by atoms with van der Waals surface area (Å²) in [5, 5.41) is 5.92. The van der Waals surface area contributed by atoms with Crippen LogP contribution < -0.4 is 10.6 Å². The number of hydrogen-bond acceptors (Lipinski definition) is 2. The lowest BCUT2D eigenvalue weighted by molar-refractivity contribution is -0.123. The Morgan fingerprint density at radius 3 is 2.88 bits per heavy atom. The van der Waals surface area contributed by atoms with Gasteiger partial charge in [-0.2, -0.15) is 0 Å². The van der Waals surface area contributed by atoms with Gasteiger partial charge in [0.2, 0.25) is 11.8 Å². The van der Waals surface area contributed by atoms with E-state index in [4.69, 9.17) is 11.6 Å². The highest BCUT2D eigenvalue weighted by molar-refractivity contribution is 6.34. The predicted molar refractivity (Wildman–Crippen MR) is 65.9 cm³/mol. The van der Waals surface area contributed by atoms with Crippen LogP contribution in [-0.2, 0) is 9.59 Å². The SMILES string of the molecule is Cc1cccc(Cl)c1NC(=O)C1CNC(=O)C1. The third-order valence-corrected chi connectivity index (χ3v) is 3.13. The molecule has 1 heterocycles. The van der Waals surface area contributed by atoms with E-state index < -0.39 is 0 Å². The number of amides is 2. The number of rotatable bonds is 2. The van der Waals surface area contributed by atoms with Crippen LogP contribution in [-0.4, -0.2) is 18.4 Å². The van der Waals surface area contributed by atoms with Crippen molar-refractivity contribution in [1.29, 1.82) is 0 Å². The molecule has 2 N–H and O–H groups in total. The number of hydrogen-bond donors (Lipinski definition) is 2. The number of anilines is 1. The van der Waals surface area contributed by atoms with Crippen LogP contribution in [0.4, 0.5) is 5.69 Å². The molecule has 1 unspecified atom stereocenters. The predicted octanol–water partition coefficient (Wildman–Crippen LogP) is 1.72. The minimum Gasteiger partial charge on any atom is -0.355 e. The van der Waals surface area contributed by atoms with Gasteiger partial charge in [-0.1, -0.05) is 23.7 Å². The molecule has 0 aliphatic carbocycles. The molecule has 1 aliphatic rings. The number of carbonyl (C=O) groups is 2. The van der Waals surface area contributed by atoms with Gasteiger partial charge in [-0.15, -0.1) is 0 Å². The maximum absolute atomic E-state index is 11.9. The Kier molecular flexibility index (Phi) is 3.33. The smallest absolute Gasteiger partial charge is 0.229 e. The monoisotopic (exact) mass is 252 g/mol. The molecule has 4 nitrogen and oxygen atoms in total. The standard InChI is InChI=1S/C12H13ClN2O2/c1-7-3-2-4-9(13)11(7)15-12(17)8-5-10(16)14-6-8/h2-4,8H,5-6H2,1H3,(H,14,16)(H,15,17). The van der Waals surface area contributed by atoms with Gasteiger partial charge in [0.1, 0.15) is 0 Å². The summed E-state index contributed by atoms with van der Waals surface area (Å²) in [6.45, 7) is 2.27. The molecule has 0 radical (unpaired) electrons. The highest BCUT2D eigenvalue weighted by Gasteiger charge is 2.28. The maximum Gasteiger partial charge on any atom is 0.229 e. The van der Waals surface area contributed by atoms with Crippen molar-refractivity contribution in [3.05, 3.63) is 28.8 Å². The Balaban J connectivity index is 2.11. The fraction of sp³-hybridized carbons (Fsp3) is 0.333. The molecule has 0 saturated carbocycles. The van der Waals surface area contributed by atoms with Gasteiger partial charge < -0.3 is 10.6 Å². The second kappa shape index (κ2) is 4.75. The molecule has 2 amide bonds. The van der Waals surface area contributed by atoms with E-state index in [9.17, 15) is 9.59 Å². The van der Waals surface area contributed by atoms with Crippen LogP contribution in [0.3, 0.4) is 0 Å². The van der Waals surface area contributed by atoms with Crippen LogP contribution in [0, 0.1) is 12.8 Å². The topological polar surface area (TPSA) is 58.2 Å². The number of nitrogens with one attached hydrogen (secondary N) is 2. The molecular weight excluding hydrogens is 240 g/mol. The molecule has 0 bridgehead atoms. The number of aryl methyl sites for hydroxylation is 1. The Morgan fingerprint density at radius 2 is 2.29 bits per heavy atom. The average molecular weight is 253 g/mol. The highest BCUT2D eigenvalue weighted by Crippen LogP contribution is 2.26. The molecular formula is C12H13ClN2O2. The normalized spacial score (nSPS) is 18.9. The third kappa shape index (κ3) is 2.58. The molecule has 1 aromatic carbocycles. The summed E-state index contributed by atoms with van der Waals surface area (Å²) in [5.74, 6) is -0.557. The lowest BCUT2D eigenvalue weighted by Gasteiger charge is -2.12. The van der Waals surface area contributed by atoms with Crippen molar-refractivity contribution in [2.75, 3.05) is 11.9 Å². The van der Waals surface area contributed by atoms with Crippen molar-refractivity contribution in [3.8, 4) is 0 Å². The summed E-state index contributed by atoms with van der Waals surface area (Å²) < 4.78 is 0. The van der Waals surface area contributed by atoms with Crippen LogP contribution in [0.15, 0.2) is 18.2 Å². The van der Waals surface area contributed by atoms with E-state index in [0.717, 1.165) is 5.56 Å². The van der Waals surface area contributed by atoms with Crippen molar-refractivity contribution in [2.24, 2.45) is 5.92 Å². The molecule has 1 aliphatic heterocycles. The number of halogens is 1. The number of para-hydroxylation sites is 1. The van der Waals surface area contributed by atoms with Crippen LogP contribution in [0.25, 0.3) is 0 Å². The minimum atomic E-state index is -0.307. The molecule has 17 heavy (non-hydrogen) atoms. The summed E-state index contributed by atoms with van der Waals surface area (Å²) in [5.41, 5.74) is 1.53. The van der Waals surface area contributed by atoms with E-state index in [1.165, 1.54) is 0 Å². The summed E-state index contributed by atoms with van der Waals surface area (Å²) in [4.78, 5) is 22.9. The molecule has 5 heteroatoms. The minimum absolute atomic E-state index is 0.0824. The Labute approximate surface area is 104 Å². The molecule has 1 aromatic rings. The maximum atomic E-state index is 11.9. The van der Waals surface area contributed by atoms with E-state index >= 15 is 0 Å². The van der Waals surface area contributed by atoms with Crippen molar-refractivity contribution in [1.82, 2.24) is 5.32 Å². The third-order valence-electron chi connectivity index (χ3n) is 2.82. The Morgan fingerprint density at radius 1 is 1.53 bits per heavy atom. The fourth-order valence-electron chi connectivity index (χ4n) is 1.81. The van der Waals surface area contributed by atoms with Crippen LogP contribution >= 0.6 is 11.6 Å². The Bertz CT molecular complexity index is 453.